The summed E-state index contributed by atoms with van der Waals surface area (Å²) in [6.07, 6.45) is 0. The topological polar surface area (TPSA) is 71.0 Å². The van der Waals surface area contributed by atoms with Crippen LogP contribution in [0.4, 0.5) is 5.69 Å². The van der Waals surface area contributed by atoms with Crippen molar-refractivity contribution in [3.8, 4) is 5.75 Å². The molecule has 2 aromatic carbocycles. The molecule has 0 bridgehead atoms. The number of halogens is 1. The monoisotopic (exact) mass is 365 g/mol. The molecule has 0 saturated carbocycles. The van der Waals surface area contributed by atoms with Crippen molar-refractivity contribution in [1.82, 2.24) is 4.72 Å². The van der Waals surface area contributed by atoms with Gasteiger partial charge in [0.1, 0.15) is 5.75 Å². The molecule has 6 nitrogen and oxygen atoms in total. The van der Waals surface area contributed by atoms with E-state index in [-0.39, 0.29) is 10.9 Å². The number of benzene rings is 2. The first-order valence-electron chi connectivity index (χ1n) is 7.24. The van der Waals surface area contributed by atoms with E-state index in [0.717, 1.165) is 5.69 Å². The van der Waals surface area contributed by atoms with Crippen LogP contribution in [0.25, 0.3) is 0 Å². The van der Waals surface area contributed by atoms with Crippen LogP contribution >= 0.6 is 11.6 Å². The maximum absolute atomic E-state index is 12.5. The van der Waals surface area contributed by atoms with Crippen LogP contribution in [-0.4, -0.2) is 34.6 Å². The number of anilines is 1. The lowest BCUT2D eigenvalue weighted by Gasteiger charge is -2.23. The van der Waals surface area contributed by atoms with Gasteiger partial charge in [0.15, 0.2) is 0 Å². The first kappa shape index (κ1) is 16.6. The Balaban J connectivity index is 1.87. The molecule has 0 fully saturated rings. The summed E-state index contributed by atoms with van der Waals surface area (Å²) in [6, 6.07) is 13.4. The minimum absolute atomic E-state index is 0.126. The normalized spacial score (nSPS) is 14.4. The molecule has 126 valence electrons. The molecule has 0 saturated heterocycles. The van der Waals surface area contributed by atoms with E-state index in [4.69, 9.17) is 16.3 Å². The fraction of sp³-hybridized carbons (Fsp3) is 0.188. The second kappa shape index (κ2) is 6.70. The number of aliphatic imine (C=N–C) groups is 1. The van der Waals surface area contributed by atoms with Crippen LogP contribution in [-0.2, 0) is 10.0 Å². The fourth-order valence-corrected chi connectivity index (χ4v) is 3.57. The van der Waals surface area contributed by atoms with Gasteiger partial charge in [0.05, 0.1) is 24.2 Å². The smallest absolute Gasteiger partial charge is 0.264 e. The maximum Gasteiger partial charge on any atom is 0.264 e. The van der Waals surface area contributed by atoms with E-state index in [2.05, 4.69) is 9.71 Å². The Morgan fingerprint density at radius 2 is 1.88 bits per heavy atom. The number of para-hydroxylation sites is 2. The van der Waals surface area contributed by atoms with Crippen LogP contribution in [0.3, 0.4) is 0 Å². The van der Waals surface area contributed by atoms with Crippen LogP contribution in [0.15, 0.2) is 58.4 Å². The molecule has 0 aliphatic carbocycles. The highest BCUT2D eigenvalue weighted by molar-refractivity contribution is 7.90. The van der Waals surface area contributed by atoms with Crippen LogP contribution < -0.4 is 14.4 Å². The molecule has 1 N–H and O–H groups in total. The average molecular weight is 366 g/mol. The van der Waals surface area contributed by atoms with Gasteiger partial charge in [-0.05, 0) is 36.4 Å². The van der Waals surface area contributed by atoms with E-state index in [1.54, 1.807) is 12.0 Å². The molecule has 1 aliphatic rings. The summed E-state index contributed by atoms with van der Waals surface area (Å²) >= 11 is 5.81. The zero-order valence-corrected chi connectivity index (χ0v) is 14.5. The number of guanidine groups is 1. The molecule has 24 heavy (non-hydrogen) atoms. The molecule has 8 heteroatoms. The number of sulfonamides is 1. The predicted molar refractivity (Wildman–Crippen MR) is 94.4 cm³/mol. The summed E-state index contributed by atoms with van der Waals surface area (Å²) in [5.74, 6) is 0.923. The standard InChI is InChI=1S/C16H16ClN3O3S/c1-23-15-5-3-2-4-14(15)20-11-10-18-16(20)19-24(21,22)13-8-6-12(17)7-9-13/h2-9H,10-11H2,1H3,(H,18,19). The van der Waals surface area contributed by atoms with Crippen molar-refractivity contribution in [2.24, 2.45) is 4.99 Å². The molecular formula is C16H16ClN3O3S. The van der Waals surface area contributed by atoms with E-state index < -0.39 is 10.0 Å². The van der Waals surface area contributed by atoms with E-state index >= 15 is 0 Å². The van der Waals surface area contributed by atoms with Crippen molar-refractivity contribution < 1.29 is 13.2 Å². The molecule has 0 unspecified atom stereocenters. The minimum atomic E-state index is -3.74. The van der Waals surface area contributed by atoms with Crippen LogP contribution in [0, 0.1) is 0 Å². The molecule has 0 amide bonds. The third-order valence-electron chi connectivity index (χ3n) is 3.57. The Labute approximate surface area is 145 Å². The number of hydrogen-bond acceptors (Lipinski definition) is 5. The van der Waals surface area contributed by atoms with Gasteiger partial charge in [0.25, 0.3) is 10.0 Å². The van der Waals surface area contributed by atoms with Crippen molar-refractivity contribution in [2.75, 3.05) is 25.1 Å². The van der Waals surface area contributed by atoms with E-state index in [0.29, 0.717) is 23.9 Å². The number of methoxy groups -OCH3 is 1. The maximum atomic E-state index is 12.5. The largest absolute Gasteiger partial charge is 0.495 e. The van der Waals surface area contributed by atoms with Crippen LogP contribution in [0.5, 0.6) is 5.75 Å². The van der Waals surface area contributed by atoms with Crippen LogP contribution in [0.2, 0.25) is 5.02 Å². The fourth-order valence-electron chi connectivity index (χ4n) is 2.41. The van der Waals surface area contributed by atoms with Crippen molar-refractivity contribution in [1.29, 1.82) is 0 Å². The van der Waals surface area contributed by atoms with E-state index in [9.17, 15) is 8.42 Å². The Morgan fingerprint density at radius 1 is 1.17 bits per heavy atom. The Bertz CT molecular complexity index is 866. The van der Waals surface area contributed by atoms with Gasteiger partial charge in [0, 0.05) is 11.6 Å². The summed E-state index contributed by atoms with van der Waals surface area (Å²) in [7, 11) is -2.17. The van der Waals surface area contributed by atoms with Gasteiger partial charge >= 0.3 is 0 Å². The molecular weight excluding hydrogens is 350 g/mol. The molecule has 1 aliphatic heterocycles. The van der Waals surface area contributed by atoms with Gasteiger partial charge in [0.2, 0.25) is 5.96 Å². The summed E-state index contributed by atoms with van der Waals surface area (Å²) in [4.78, 5) is 6.18. The first-order valence-corrected chi connectivity index (χ1v) is 9.11. The van der Waals surface area contributed by atoms with Gasteiger partial charge in [-0.15, -0.1) is 0 Å². The van der Waals surface area contributed by atoms with Gasteiger partial charge in [-0.25, -0.2) is 13.1 Å². The lowest BCUT2D eigenvalue weighted by molar-refractivity contribution is 0.415. The molecule has 2 aromatic rings. The lowest BCUT2D eigenvalue weighted by atomic mass is 10.2. The molecule has 0 atom stereocenters. The lowest BCUT2D eigenvalue weighted by Crippen LogP contribution is -2.41. The van der Waals surface area contributed by atoms with Crippen molar-refractivity contribution in [3.05, 3.63) is 53.6 Å². The summed E-state index contributed by atoms with van der Waals surface area (Å²) < 4.78 is 33.0. The second-order valence-corrected chi connectivity index (χ2v) is 7.21. The first-order chi connectivity index (χ1) is 11.5. The van der Waals surface area contributed by atoms with E-state index in [1.165, 1.54) is 24.3 Å². The zero-order chi connectivity index (χ0) is 17.2. The Kier molecular flexibility index (Phi) is 4.64. The van der Waals surface area contributed by atoms with Crippen molar-refractivity contribution in [3.63, 3.8) is 0 Å². The number of nitrogens with zero attached hydrogens (tertiary/aromatic N) is 2. The summed E-state index contributed by atoms with van der Waals surface area (Å²) in [6.45, 7) is 1.06. The van der Waals surface area contributed by atoms with Crippen molar-refractivity contribution in [2.45, 2.75) is 4.90 Å². The second-order valence-electron chi connectivity index (χ2n) is 5.09. The van der Waals surface area contributed by atoms with Crippen LogP contribution in [0.1, 0.15) is 0 Å². The molecule has 3 rings (SSSR count). The highest BCUT2D eigenvalue weighted by Crippen LogP contribution is 2.29. The third-order valence-corrected chi connectivity index (χ3v) is 5.16. The quantitative estimate of drug-likeness (QED) is 0.903. The highest BCUT2D eigenvalue weighted by Gasteiger charge is 2.26. The third kappa shape index (κ3) is 3.32. The molecule has 0 aromatic heterocycles. The number of nitrogens with one attached hydrogen (secondary N) is 1. The number of rotatable bonds is 4. The number of hydrogen-bond donors (Lipinski definition) is 1. The summed E-state index contributed by atoms with van der Waals surface area (Å²) in [5, 5.41) is 0.475. The van der Waals surface area contributed by atoms with Gasteiger partial charge in [-0.1, -0.05) is 23.7 Å². The highest BCUT2D eigenvalue weighted by atomic mass is 35.5. The van der Waals surface area contributed by atoms with E-state index in [1.807, 2.05) is 24.3 Å². The van der Waals surface area contributed by atoms with Crippen molar-refractivity contribution >= 4 is 33.3 Å². The average Bonchev–Trinajstić information content (AvgIpc) is 3.02. The minimum Gasteiger partial charge on any atom is -0.495 e. The SMILES string of the molecule is COc1ccccc1N1CCN=C1NS(=O)(=O)c1ccc(Cl)cc1. The zero-order valence-electron chi connectivity index (χ0n) is 12.9. The molecule has 0 radical (unpaired) electrons. The molecule has 0 spiro atoms. The Morgan fingerprint density at radius 3 is 2.58 bits per heavy atom. The number of ether oxygens (including phenoxy) is 1. The van der Waals surface area contributed by atoms with Gasteiger partial charge in [-0.2, -0.15) is 0 Å². The Hall–Kier alpha value is -2.25. The molecule has 1 heterocycles. The summed E-state index contributed by atoms with van der Waals surface area (Å²) in [5.41, 5.74) is 0.759. The van der Waals surface area contributed by atoms with Gasteiger partial charge in [-0.3, -0.25) is 4.99 Å². The predicted octanol–water partition coefficient (Wildman–Crippen LogP) is 2.50. The van der Waals surface area contributed by atoms with Gasteiger partial charge < -0.3 is 9.64 Å².